The van der Waals surface area contributed by atoms with E-state index in [2.05, 4.69) is 25.6 Å². The van der Waals surface area contributed by atoms with E-state index in [1.54, 1.807) is 19.1 Å². The summed E-state index contributed by atoms with van der Waals surface area (Å²) in [5.74, 6) is 0. The van der Waals surface area contributed by atoms with Crippen molar-refractivity contribution in [2.24, 2.45) is 0 Å². The molecule has 0 aliphatic heterocycles. The Labute approximate surface area is 107 Å². The first-order chi connectivity index (χ1) is 7.97. The smallest absolute Gasteiger partial charge is 0.309 e. The zero-order valence-electron chi connectivity index (χ0n) is 8.84. The molecule has 1 aromatic carbocycles. The molecule has 17 heavy (non-hydrogen) atoms. The molecule has 0 unspecified atom stereocenters. The molecule has 2 aromatic rings. The minimum absolute atomic E-state index is 0.0366. The maximum absolute atomic E-state index is 11.9. The van der Waals surface area contributed by atoms with Crippen LogP contribution in [0.5, 0.6) is 0 Å². The first kappa shape index (κ1) is 12.1. The van der Waals surface area contributed by atoms with Gasteiger partial charge in [-0.25, -0.2) is 13.1 Å². The highest BCUT2D eigenvalue weighted by molar-refractivity contribution is 9.10. The number of oxazole rings is 1. The summed E-state index contributed by atoms with van der Waals surface area (Å²) >= 11 is 3.24. The summed E-state index contributed by atoms with van der Waals surface area (Å²) in [6, 6.07) is 6.24. The number of aromatic nitrogens is 1. The quantitative estimate of drug-likeness (QED) is 0.944. The number of benzene rings is 1. The highest BCUT2D eigenvalue weighted by Crippen LogP contribution is 2.17. The molecule has 1 aromatic heterocycles. The van der Waals surface area contributed by atoms with Crippen LogP contribution in [0.2, 0.25) is 0 Å². The van der Waals surface area contributed by atoms with Crippen molar-refractivity contribution in [2.75, 3.05) is 4.72 Å². The van der Waals surface area contributed by atoms with Gasteiger partial charge in [-0.05, 0) is 31.2 Å². The Hall–Kier alpha value is -1.34. The summed E-state index contributed by atoms with van der Waals surface area (Å²) < 4.78 is 31.8. The van der Waals surface area contributed by atoms with Gasteiger partial charge in [0.2, 0.25) is 0 Å². The van der Waals surface area contributed by atoms with E-state index in [-0.39, 0.29) is 10.9 Å². The number of anilines is 1. The molecule has 0 aliphatic rings. The zero-order valence-corrected chi connectivity index (χ0v) is 11.2. The van der Waals surface area contributed by atoms with E-state index in [1.165, 1.54) is 18.4 Å². The molecule has 0 fully saturated rings. The minimum atomic E-state index is -3.64. The minimum Gasteiger partial charge on any atom is -0.431 e. The van der Waals surface area contributed by atoms with Gasteiger partial charge < -0.3 is 4.42 Å². The molecular weight excluding hydrogens is 308 g/mol. The van der Waals surface area contributed by atoms with E-state index in [9.17, 15) is 8.42 Å². The predicted octanol–water partition coefficient (Wildman–Crippen LogP) is 2.55. The van der Waals surface area contributed by atoms with Crippen LogP contribution >= 0.6 is 15.9 Å². The molecular formula is C10H9BrN2O3S. The molecule has 0 saturated heterocycles. The van der Waals surface area contributed by atoms with Crippen molar-refractivity contribution in [1.82, 2.24) is 4.98 Å². The van der Waals surface area contributed by atoms with Gasteiger partial charge in [0.05, 0.1) is 10.6 Å². The highest BCUT2D eigenvalue weighted by atomic mass is 79.9. The second-order valence-corrected chi connectivity index (χ2v) is 5.95. The Morgan fingerprint density at radius 1 is 1.29 bits per heavy atom. The molecule has 2 rings (SSSR count). The fraction of sp³-hybridized carbons (Fsp3) is 0.100. The van der Waals surface area contributed by atoms with Gasteiger partial charge in [-0.15, -0.1) is 0 Å². The van der Waals surface area contributed by atoms with E-state index in [1.807, 2.05) is 0 Å². The number of nitrogens with zero attached hydrogens (tertiary/aromatic N) is 1. The van der Waals surface area contributed by atoms with Crippen molar-refractivity contribution in [1.29, 1.82) is 0 Å². The van der Waals surface area contributed by atoms with Crippen molar-refractivity contribution in [3.63, 3.8) is 0 Å². The summed E-state index contributed by atoms with van der Waals surface area (Å²) in [5, 5.41) is 0. The average molecular weight is 317 g/mol. The van der Waals surface area contributed by atoms with Crippen LogP contribution in [-0.4, -0.2) is 13.4 Å². The van der Waals surface area contributed by atoms with E-state index < -0.39 is 10.0 Å². The lowest BCUT2D eigenvalue weighted by atomic mass is 10.4. The molecule has 0 bridgehead atoms. The van der Waals surface area contributed by atoms with Gasteiger partial charge in [0.1, 0.15) is 6.26 Å². The van der Waals surface area contributed by atoms with Crippen LogP contribution in [-0.2, 0) is 10.0 Å². The van der Waals surface area contributed by atoms with Gasteiger partial charge in [-0.2, -0.15) is 4.98 Å². The second kappa shape index (κ2) is 4.50. The van der Waals surface area contributed by atoms with Crippen LogP contribution in [0, 0.1) is 6.92 Å². The summed E-state index contributed by atoms with van der Waals surface area (Å²) in [6.07, 6.45) is 1.37. The molecule has 90 valence electrons. The molecule has 1 heterocycles. The molecule has 0 atom stereocenters. The van der Waals surface area contributed by atoms with E-state index in [0.717, 1.165) is 4.47 Å². The van der Waals surface area contributed by atoms with Crippen molar-refractivity contribution in [3.05, 3.63) is 40.7 Å². The standard InChI is InChI=1S/C10H9BrN2O3S/c1-7-6-16-10(12-7)13-17(14,15)9-4-2-8(11)3-5-9/h2-6H,1H3,(H,12,13). The number of rotatable bonds is 3. The number of sulfonamides is 1. The maximum atomic E-state index is 11.9. The van der Waals surface area contributed by atoms with Gasteiger partial charge >= 0.3 is 6.01 Å². The number of hydrogen-bond acceptors (Lipinski definition) is 4. The lowest BCUT2D eigenvalue weighted by Crippen LogP contribution is -2.13. The molecule has 0 saturated carbocycles. The van der Waals surface area contributed by atoms with E-state index in [4.69, 9.17) is 4.42 Å². The summed E-state index contributed by atoms with van der Waals surface area (Å²) in [5.41, 5.74) is 0.610. The molecule has 5 nitrogen and oxygen atoms in total. The Morgan fingerprint density at radius 3 is 2.47 bits per heavy atom. The van der Waals surface area contributed by atoms with Crippen LogP contribution in [0.1, 0.15) is 5.69 Å². The lowest BCUT2D eigenvalue weighted by molar-refractivity contribution is 0.569. The van der Waals surface area contributed by atoms with Crippen molar-refractivity contribution >= 4 is 32.0 Å². The maximum Gasteiger partial charge on any atom is 0.309 e. The average Bonchev–Trinajstić information content (AvgIpc) is 2.63. The molecule has 0 spiro atoms. The third-order valence-corrected chi connectivity index (χ3v) is 3.83. The molecule has 0 amide bonds. The Kier molecular flexibility index (Phi) is 3.21. The predicted molar refractivity (Wildman–Crippen MR) is 66.2 cm³/mol. The number of halogens is 1. The Balaban J connectivity index is 2.28. The topological polar surface area (TPSA) is 72.2 Å². The monoisotopic (exact) mass is 316 g/mol. The lowest BCUT2D eigenvalue weighted by Gasteiger charge is -2.03. The second-order valence-electron chi connectivity index (χ2n) is 3.35. The third-order valence-electron chi connectivity index (χ3n) is 1.96. The first-order valence-electron chi connectivity index (χ1n) is 4.68. The van der Waals surface area contributed by atoms with Gasteiger partial charge in [-0.1, -0.05) is 15.9 Å². The van der Waals surface area contributed by atoms with E-state index in [0.29, 0.717) is 5.69 Å². The number of aryl methyl sites for hydroxylation is 1. The first-order valence-corrected chi connectivity index (χ1v) is 6.95. The summed E-state index contributed by atoms with van der Waals surface area (Å²) in [6.45, 7) is 1.71. The number of nitrogens with one attached hydrogen (secondary N) is 1. The molecule has 0 aliphatic carbocycles. The van der Waals surface area contributed by atoms with E-state index >= 15 is 0 Å². The van der Waals surface area contributed by atoms with Gasteiger partial charge in [-0.3, -0.25) is 0 Å². The van der Waals surface area contributed by atoms with Crippen LogP contribution < -0.4 is 4.72 Å². The summed E-state index contributed by atoms with van der Waals surface area (Å²) in [4.78, 5) is 4.02. The van der Waals surface area contributed by atoms with Crippen molar-refractivity contribution < 1.29 is 12.8 Å². The Bertz CT molecular complexity index is 619. The third kappa shape index (κ3) is 2.86. The van der Waals surface area contributed by atoms with Crippen molar-refractivity contribution in [3.8, 4) is 0 Å². The molecule has 0 radical (unpaired) electrons. The fourth-order valence-electron chi connectivity index (χ4n) is 1.19. The number of hydrogen-bond donors (Lipinski definition) is 1. The van der Waals surface area contributed by atoms with Gasteiger partial charge in [0.25, 0.3) is 10.0 Å². The largest absolute Gasteiger partial charge is 0.431 e. The van der Waals surface area contributed by atoms with Crippen LogP contribution in [0.25, 0.3) is 0 Å². The fourth-order valence-corrected chi connectivity index (χ4v) is 2.39. The highest BCUT2D eigenvalue weighted by Gasteiger charge is 2.16. The van der Waals surface area contributed by atoms with Crippen molar-refractivity contribution in [2.45, 2.75) is 11.8 Å². The van der Waals surface area contributed by atoms with Crippen LogP contribution in [0.15, 0.2) is 44.3 Å². The van der Waals surface area contributed by atoms with Crippen LogP contribution in [0.3, 0.4) is 0 Å². The SMILES string of the molecule is Cc1coc(NS(=O)(=O)c2ccc(Br)cc2)n1. The van der Waals surface area contributed by atoms with Gasteiger partial charge in [0.15, 0.2) is 0 Å². The van der Waals surface area contributed by atoms with Crippen LogP contribution in [0.4, 0.5) is 6.01 Å². The Morgan fingerprint density at radius 2 is 1.94 bits per heavy atom. The normalized spacial score (nSPS) is 11.4. The zero-order chi connectivity index (χ0) is 12.5. The molecule has 7 heteroatoms. The molecule has 1 N–H and O–H groups in total. The van der Waals surface area contributed by atoms with Gasteiger partial charge in [0, 0.05) is 4.47 Å². The summed E-state index contributed by atoms with van der Waals surface area (Å²) in [7, 11) is -3.64.